The van der Waals surface area contributed by atoms with Crippen molar-refractivity contribution in [1.82, 2.24) is 0 Å². The lowest BCUT2D eigenvalue weighted by Crippen LogP contribution is -2.06. The van der Waals surface area contributed by atoms with Gasteiger partial charge in [0.25, 0.3) is 5.69 Å². The van der Waals surface area contributed by atoms with Crippen molar-refractivity contribution < 1.29 is 14.1 Å². The van der Waals surface area contributed by atoms with Crippen LogP contribution in [0.4, 0.5) is 10.1 Å². The van der Waals surface area contributed by atoms with Crippen molar-refractivity contribution in [2.24, 2.45) is 0 Å². The topological polar surface area (TPSA) is 60.2 Å². The second kappa shape index (κ2) is 4.97. The smallest absolute Gasteiger partial charge is 0.273 e. The summed E-state index contributed by atoms with van der Waals surface area (Å²) in [7, 11) is 0. The third-order valence-corrected chi connectivity index (χ3v) is 2.40. The first-order chi connectivity index (χ1) is 7.04. The Kier molecular flexibility index (Phi) is 3.90. The van der Waals surface area contributed by atoms with E-state index in [1.54, 1.807) is 0 Å². The monoisotopic (exact) mass is 275 g/mol. The van der Waals surface area contributed by atoms with Gasteiger partial charge in [0.05, 0.1) is 10.3 Å². The lowest BCUT2D eigenvalue weighted by molar-refractivity contribution is -0.385. The van der Waals surface area contributed by atoms with Crippen LogP contribution in [0.3, 0.4) is 0 Å². The number of alkyl halides is 1. The molecule has 0 saturated carbocycles. The van der Waals surface area contributed by atoms with Crippen LogP contribution in [0.5, 0.6) is 0 Å². The summed E-state index contributed by atoms with van der Waals surface area (Å²) in [6.07, 6.45) is -0.140. The van der Waals surface area contributed by atoms with Gasteiger partial charge in [0.2, 0.25) is 0 Å². The fourth-order valence-corrected chi connectivity index (χ4v) is 1.33. The minimum Gasteiger partial charge on any atom is -0.298 e. The molecule has 0 aliphatic carbocycles. The molecule has 0 amide bonds. The number of benzene rings is 1. The summed E-state index contributed by atoms with van der Waals surface area (Å²) in [4.78, 5) is 21.0. The number of hydrogen-bond donors (Lipinski definition) is 0. The molecule has 1 rings (SSSR count). The molecule has 4 nitrogen and oxygen atoms in total. The summed E-state index contributed by atoms with van der Waals surface area (Å²) < 4.78 is 12.8. The average Bonchev–Trinajstić information content (AvgIpc) is 2.17. The number of halogens is 2. The predicted octanol–water partition coefficient (Wildman–Crippen LogP) is 2.24. The maximum atomic E-state index is 12.8. The summed E-state index contributed by atoms with van der Waals surface area (Å²) in [5.41, 5.74) is -0.129. The van der Waals surface area contributed by atoms with Crippen LogP contribution in [-0.4, -0.2) is 16.0 Å². The van der Waals surface area contributed by atoms with Gasteiger partial charge in [-0.2, -0.15) is 0 Å². The molecule has 15 heavy (non-hydrogen) atoms. The highest BCUT2D eigenvalue weighted by Gasteiger charge is 2.16. The first kappa shape index (κ1) is 11.8. The molecule has 0 bridgehead atoms. The number of nitro groups is 1. The lowest BCUT2D eigenvalue weighted by Gasteiger charge is -2.00. The molecule has 0 unspecified atom stereocenters. The van der Waals surface area contributed by atoms with E-state index in [9.17, 15) is 19.3 Å². The quantitative estimate of drug-likeness (QED) is 0.481. The van der Waals surface area contributed by atoms with Gasteiger partial charge in [-0.3, -0.25) is 14.9 Å². The van der Waals surface area contributed by atoms with Crippen molar-refractivity contribution in [3.63, 3.8) is 0 Å². The van der Waals surface area contributed by atoms with Crippen LogP contribution in [0.1, 0.15) is 5.56 Å². The van der Waals surface area contributed by atoms with Crippen LogP contribution in [0.15, 0.2) is 18.2 Å². The molecule has 0 aromatic heterocycles. The molecule has 0 aliphatic heterocycles. The first-order valence-electron chi connectivity index (χ1n) is 4.05. The molecule has 0 saturated heterocycles. The van der Waals surface area contributed by atoms with Crippen molar-refractivity contribution in [2.75, 3.05) is 5.33 Å². The minimum atomic E-state index is -0.629. The second-order valence-corrected chi connectivity index (χ2v) is 3.44. The first-order valence-corrected chi connectivity index (χ1v) is 5.17. The van der Waals surface area contributed by atoms with Crippen molar-refractivity contribution >= 4 is 27.4 Å². The normalized spacial score (nSPS) is 10.0. The third-order valence-electron chi connectivity index (χ3n) is 1.77. The summed E-state index contributed by atoms with van der Waals surface area (Å²) in [5.74, 6) is -0.818. The van der Waals surface area contributed by atoms with Gasteiger partial charge in [0.1, 0.15) is 11.6 Å². The van der Waals surface area contributed by atoms with Gasteiger partial charge in [-0.05, 0) is 12.1 Å². The van der Waals surface area contributed by atoms with Gasteiger partial charge < -0.3 is 0 Å². The van der Waals surface area contributed by atoms with Crippen LogP contribution in [0.2, 0.25) is 0 Å². The van der Waals surface area contributed by atoms with Gasteiger partial charge in [-0.15, -0.1) is 0 Å². The Morgan fingerprint density at radius 3 is 2.73 bits per heavy atom. The van der Waals surface area contributed by atoms with E-state index in [0.717, 1.165) is 18.2 Å². The molecule has 0 aliphatic rings. The van der Waals surface area contributed by atoms with Gasteiger partial charge >= 0.3 is 0 Å². The van der Waals surface area contributed by atoms with E-state index in [1.165, 1.54) is 0 Å². The SMILES string of the molecule is O=C(CBr)Cc1cc(F)ccc1[N+](=O)[O-]. The Morgan fingerprint density at radius 1 is 1.53 bits per heavy atom. The summed E-state index contributed by atoms with van der Waals surface area (Å²) in [5, 5.41) is 10.7. The summed E-state index contributed by atoms with van der Waals surface area (Å²) >= 11 is 2.94. The molecule has 0 fully saturated rings. The highest BCUT2D eigenvalue weighted by molar-refractivity contribution is 9.09. The van der Waals surface area contributed by atoms with E-state index in [2.05, 4.69) is 15.9 Å². The van der Waals surface area contributed by atoms with Crippen LogP contribution in [-0.2, 0) is 11.2 Å². The number of rotatable bonds is 4. The number of hydrogen-bond acceptors (Lipinski definition) is 3. The highest BCUT2D eigenvalue weighted by atomic mass is 79.9. The van der Waals surface area contributed by atoms with Crippen molar-refractivity contribution in [3.05, 3.63) is 39.7 Å². The Bertz CT molecular complexity index is 408. The summed E-state index contributed by atoms with van der Waals surface area (Å²) in [6, 6.07) is 3.07. The van der Waals surface area contributed by atoms with Gasteiger partial charge in [-0.25, -0.2) is 4.39 Å². The van der Waals surface area contributed by atoms with Gasteiger partial charge in [0, 0.05) is 18.1 Å². The molecular formula is C9H7BrFNO3. The lowest BCUT2D eigenvalue weighted by atomic mass is 10.1. The molecule has 1 aromatic carbocycles. The molecule has 0 radical (unpaired) electrons. The maximum absolute atomic E-state index is 12.8. The molecule has 0 N–H and O–H groups in total. The minimum absolute atomic E-state index is 0.0979. The average molecular weight is 276 g/mol. The number of nitrogens with zero attached hydrogens (tertiary/aromatic N) is 1. The molecule has 0 spiro atoms. The van der Waals surface area contributed by atoms with E-state index >= 15 is 0 Å². The second-order valence-electron chi connectivity index (χ2n) is 2.88. The number of ketones is 1. The fraction of sp³-hybridized carbons (Fsp3) is 0.222. The summed E-state index contributed by atoms with van der Waals surface area (Å²) in [6.45, 7) is 0. The van der Waals surface area contributed by atoms with Crippen LogP contribution < -0.4 is 0 Å². The molecule has 80 valence electrons. The zero-order valence-corrected chi connectivity index (χ0v) is 9.16. The van der Waals surface area contributed by atoms with Crippen LogP contribution in [0.25, 0.3) is 0 Å². The van der Waals surface area contributed by atoms with Crippen LogP contribution >= 0.6 is 15.9 Å². The third kappa shape index (κ3) is 3.09. The predicted molar refractivity (Wildman–Crippen MR) is 55.6 cm³/mol. The van der Waals surface area contributed by atoms with E-state index in [-0.39, 0.29) is 28.8 Å². The molecule has 1 aromatic rings. The Hall–Kier alpha value is -1.30. The Balaban J connectivity index is 3.07. The molecular weight excluding hydrogens is 269 g/mol. The number of carbonyl (C=O) groups excluding carboxylic acids is 1. The number of carbonyl (C=O) groups is 1. The van der Waals surface area contributed by atoms with E-state index in [1.807, 2.05) is 0 Å². The fourth-order valence-electron chi connectivity index (χ4n) is 1.13. The van der Waals surface area contributed by atoms with Gasteiger partial charge in [-0.1, -0.05) is 15.9 Å². The molecule has 6 heteroatoms. The molecule has 0 heterocycles. The number of Topliss-reactive ketones (excluding diaryl/α,β-unsaturated/α-hetero) is 1. The van der Waals surface area contributed by atoms with Crippen molar-refractivity contribution in [1.29, 1.82) is 0 Å². The van der Waals surface area contributed by atoms with E-state index < -0.39 is 10.7 Å². The zero-order valence-electron chi connectivity index (χ0n) is 7.57. The van der Waals surface area contributed by atoms with Crippen LogP contribution in [0, 0.1) is 15.9 Å². The van der Waals surface area contributed by atoms with Gasteiger partial charge in [0.15, 0.2) is 0 Å². The molecule has 0 atom stereocenters. The zero-order chi connectivity index (χ0) is 11.4. The van der Waals surface area contributed by atoms with E-state index in [0.29, 0.717) is 0 Å². The van der Waals surface area contributed by atoms with E-state index in [4.69, 9.17) is 0 Å². The Labute approximate surface area is 93.4 Å². The largest absolute Gasteiger partial charge is 0.298 e. The highest BCUT2D eigenvalue weighted by Crippen LogP contribution is 2.20. The van der Waals surface area contributed by atoms with Crippen molar-refractivity contribution in [3.8, 4) is 0 Å². The number of nitro benzene ring substituents is 1. The van der Waals surface area contributed by atoms with Crippen molar-refractivity contribution in [2.45, 2.75) is 6.42 Å². The standard InChI is InChI=1S/C9H7BrFNO3/c10-5-8(13)4-6-3-7(11)1-2-9(6)12(14)15/h1-3H,4-5H2. The Morgan fingerprint density at radius 2 is 2.20 bits per heavy atom. The maximum Gasteiger partial charge on any atom is 0.273 e.